The van der Waals surface area contributed by atoms with E-state index in [1.54, 1.807) is 11.3 Å². The van der Waals surface area contributed by atoms with Crippen LogP contribution < -0.4 is 5.32 Å². The van der Waals surface area contributed by atoms with Crippen molar-refractivity contribution < 1.29 is 0 Å². The molecule has 0 radical (unpaired) electrons. The van der Waals surface area contributed by atoms with E-state index in [-0.39, 0.29) is 6.04 Å². The van der Waals surface area contributed by atoms with Crippen LogP contribution in [0.2, 0.25) is 0 Å². The first kappa shape index (κ1) is 13.8. The molecule has 3 rings (SSSR count). The second-order valence-electron chi connectivity index (χ2n) is 5.09. The van der Waals surface area contributed by atoms with E-state index in [0.717, 1.165) is 22.3 Å². The first-order chi connectivity index (χ1) is 10.1. The number of anilines is 2. The second-order valence-corrected chi connectivity index (χ2v) is 6.36. The van der Waals surface area contributed by atoms with Crippen LogP contribution in [0.15, 0.2) is 42.7 Å². The van der Waals surface area contributed by atoms with Gasteiger partial charge in [0.2, 0.25) is 5.95 Å². The van der Waals surface area contributed by atoms with Gasteiger partial charge in [-0.15, -0.1) is 11.3 Å². The lowest BCUT2D eigenvalue weighted by Gasteiger charge is -2.15. The number of thiazole rings is 1. The molecule has 0 saturated carbocycles. The van der Waals surface area contributed by atoms with Crippen LogP contribution in [-0.4, -0.2) is 14.5 Å². The predicted octanol–water partition coefficient (Wildman–Crippen LogP) is 4.31. The summed E-state index contributed by atoms with van der Waals surface area (Å²) < 4.78 is 2.14. The van der Waals surface area contributed by atoms with Crippen LogP contribution in [-0.2, 0) is 0 Å². The van der Waals surface area contributed by atoms with Gasteiger partial charge in [0, 0.05) is 23.0 Å². The van der Waals surface area contributed by atoms with Crippen LogP contribution in [0.4, 0.5) is 11.6 Å². The molecule has 0 saturated heterocycles. The molecule has 5 heteroatoms. The number of para-hydroxylation sites is 1. The molecular formula is C16H18N4S. The van der Waals surface area contributed by atoms with Gasteiger partial charge in [-0.1, -0.05) is 18.2 Å². The van der Waals surface area contributed by atoms with Crippen molar-refractivity contribution in [1.29, 1.82) is 0 Å². The minimum Gasteiger partial charge on any atom is -0.326 e. The highest BCUT2D eigenvalue weighted by atomic mass is 32.1. The van der Waals surface area contributed by atoms with Crippen molar-refractivity contribution in [3.8, 4) is 0 Å². The lowest BCUT2D eigenvalue weighted by atomic mass is 10.3. The van der Waals surface area contributed by atoms with Crippen molar-refractivity contribution >= 4 is 23.0 Å². The fourth-order valence-electron chi connectivity index (χ4n) is 2.24. The molecule has 3 aromatic rings. The predicted molar refractivity (Wildman–Crippen MR) is 87.4 cm³/mol. The van der Waals surface area contributed by atoms with Crippen molar-refractivity contribution in [2.24, 2.45) is 0 Å². The molecule has 4 nitrogen and oxygen atoms in total. The van der Waals surface area contributed by atoms with Crippen molar-refractivity contribution in [3.63, 3.8) is 0 Å². The fourth-order valence-corrected chi connectivity index (χ4v) is 3.06. The van der Waals surface area contributed by atoms with Gasteiger partial charge in [0.15, 0.2) is 0 Å². The number of nitrogens with one attached hydrogen (secondary N) is 1. The fraction of sp³-hybridized carbons (Fsp3) is 0.250. The van der Waals surface area contributed by atoms with Crippen LogP contribution in [0.25, 0.3) is 0 Å². The van der Waals surface area contributed by atoms with E-state index >= 15 is 0 Å². The van der Waals surface area contributed by atoms with Gasteiger partial charge >= 0.3 is 0 Å². The Morgan fingerprint density at radius 3 is 2.62 bits per heavy atom. The van der Waals surface area contributed by atoms with E-state index in [0.29, 0.717) is 0 Å². The number of aromatic nitrogens is 3. The minimum atomic E-state index is 0.163. The number of imidazole rings is 1. The molecule has 0 aliphatic rings. The van der Waals surface area contributed by atoms with E-state index in [1.165, 1.54) is 4.88 Å². The van der Waals surface area contributed by atoms with E-state index < -0.39 is 0 Å². The van der Waals surface area contributed by atoms with Crippen molar-refractivity contribution in [3.05, 3.63) is 58.3 Å². The highest BCUT2D eigenvalue weighted by Gasteiger charge is 2.16. The number of aryl methyl sites for hydroxylation is 2. The summed E-state index contributed by atoms with van der Waals surface area (Å²) in [5.41, 5.74) is 2.03. The van der Waals surface area contributed by atoms with Gasteiger partial charge in [0.1, 0.15) is 5.01 Å². The first-order valence-corrected chi connectivity index (χ1v) is 7.75. The molecule has 1 aromatic carbocycles. The van der Waals surface area contributed by atoms with Gasteiger partial charge in [0.25, 0.3) is 0 Å². The average Bonchev–Trinajstić information content (AvgIpc) is 3.05. The van der Waals surface area contributed by atoms with Gasteiger partial charge in [-0.2, -0.15) is 0 Å². The molecule has 2 aromatic heterocycles. The standard InChI is InChI=1S/C16H18N4S/c1-11-10-20(13(3)15-17-9-12(2)21-15)16(18-11)19-14-7-5-4-6-8-14/h4-10,13H,1-3H3,(H,18,19). The quantitative estimate of drug-likeness (QED) is 0.780. The summed E-state index contributed by atoms with van der Waals surface area (Å²) in [4.78, 5) is 10.3. The number of benzene rings is 1. The van der Waals surface area contributed by atoms with Gasteiger partial charge in [-0.25, -0.2) is 9.97 Å². The number of hydrogen-bond donors (Lipinski definition) is 1. The third-order valence-corrected chi connectivity index (χ3v) is 4.38. The minimum absolute atomic E-state index is 0.163. The molecule has 1 atom stereocenters. The van der Waals surface area contributed by atoms with Crippen molar-refractivity contribution in [1.82, 2.24) is 14.5 Å². The lowest BCUT2D eigenvalue weighted by molar-refractivity contribution is 0.642. The van der Waals surface area contributed by atoms with Crippen LogP contribution in [0.5, 0.6) is 0 Å². The summed E-state index contributed by atoms with van der Waals surface area (Å²) in [6.45, 7) is 6.23. The molecule has 0 aliphatic heterocycles. The zero-order valence-electron chi connectivity index (χ0n) is 12.4. The Morgan fingerprint density at radius 1 is 1.19 bits per heavy atom. The highest BCUT2D eigenvalue weighted by Crippen LogP contribution is 2.27. The van der Waals surface area contributed by atoms with Gasteiger partial charge in [-0.3, -0.25) is 0 Å². The molecule has 108 valence electrons. The number of nitrogens with zero attached hydrogens (tertiary/aromatic N) is 3. The molecule has 0 aliphatic carbocycles. The van der Waals surface area contributed by atoms with Crippen molar-refractivity contribution in [2.45, 2.75) is 26.8 Å². The van der Waals surface area contributed by atoms with E-state index in [9.17, 15) is 0 Å². The van der Waals surface area contributed by atoms with E-state index in [2.05, 4.69) is 39.9 Å². The lowest BCUT2D eigenvalue weighted by Crippen LogP contribution is -2.09. The molecule has 0 fully saturated rings. The van der Waals surface area contributed by atoms with Crippen LogP contribution in [0.3, 0.4) is 0 Å². The third-order valence-electron chi connectivity index (χ3n) is 3.30. The van der Waals surface area contributed by atoms with E-state index in [4.69, 9.17) is 0 Å². The Labute approximate surface area is 128 Å². The topological polar surface area (TPSA) is 42.7 Å². The monoisotopic (exact) mass is 298 g/mol. The number of hydrogen-bond acceptors (Lipinski definition) is 4. The Kier molecular flexibility index (Phi) is 3.75. The SMILES string of the molecule is Cc1cn(C(C)c2ncc(C)s2)c(Nc2ccccc2)n1. The maximum absolute atomic E-state index is 4.59. The molecule has 21 heavy (non-hydrogen) atoms. The average molecular weight is 298 g/mol. The largest absolute Gasteiger partial charge is 0.326 e. The zero-order chi connectivity index (χ0) is 14.8. The Morgan fingerprint density at radius 2 is 1.95 bits per heavy atom. The van der Waals surface area contributed by atoms with Crippen LogP contribution >= 0.6 is 11.3 Å². The maximum Gasteiger partial charge on any atom is 0.208 e. The summed E-state index contributed by atoms with van der Waals surface area (Å²) in [5, 5.41) is 4.48. The van der Waals surface area contributed by atoms with Crippen LogP contribution in [0.1, 0.15) is 28.5 Å². The Hall–Kier alpha value is -2.14. The van der Waals surface area contributed by atoms with E-state index in [1.807, 2.05) is 43.5 Å². The Bertz CT molecular complexity index is 730. The van der Waals surface area contributed by atoms with Gasteiger partial charge in [-0.05, 0) is 32.9 Å². The Balaban J connectivity index is 1.92. The normalized spacial score (nSPS) is 12.3. The number of rotatable bonds is 4. The summed E-state index contributed by atoms with van der Waals surface area (Å²) in [7, 11) is 0. The molecule has 0 spiro atoms. The summed E-state index contributed by atoms with van der Waals surface area (Å²) in [5.74, 6) is 0.846. The van der Waals surface area contributed by atoms with Crippen LogP contribution in [0, 0.1) is 13.8 Å². The first-order valence-electron chi connectivity index (χ1n) is 6.93. The summed E-state index contributed by atoms with van der Waals surface area (Å²) in [6.07, 6.45) is 3.98. The third kappa shape index (κ3) is 2.97. The molecular weight excluding hydrogens is 280 g/mol. The smallest absolute Gasteiger partial charge is 0.208 e. The molecule has 2 heterocycles. The van der Waals surface area contributed by atoms with Gasteiger partial charge in [0.05, 0.1) is 11.7 Å². The zero-order valence-corrected chi connectivity index (χ0v) is 13.2. The summed E-state index contributed by atoms with van der Waals surface area (Å²) in [6, 6.07) is 10.3. The van der Waals surface area contributed by atoms with Gasteiger partial charge < -0.3 is 9.88 Å². The van der Waals surface area contributed by atoms with Crippen molar-refractivity contribution in [2.75, 3.05) is 5.32 Å². The molecule has 0 amide bonds. The maximum atomic E-state index is 4.59. The molecule has 1 N–H and O–H groups in total. The molecule has 1 unspecified atom stereocenters. The molecule has 0 bridgehead atoms. The summed E-state index contributed by atoms with van der Waals surface area (Å²) >= 11 is 1.73. The highest BCUT2D eigenvalue weighted by molar-refractivity contribution is 7.11. The second kappa shape index (κ2) is 5.69.